The van der Waals surface area contributed by atoms with Gasteiger partial charge in [-0.1, -0.05) is 18.5 Å². The molecule has 0 bridgehead atoms. The normalized spacial score (nSPS) is 18.7. The molecule has 1 aromatic carbocycles. The van der Waals surface area contributed by atoms with E-state index in [-0.39, 0.29) is 16.7 Å². The summed E-state index contributed by atoms with van der Waals surface area (Å²) >= 11 is 5.73. The van der Waals surface area contributed by atoms with Crippen LogP contribution >= 0.6 is 11.6 Å². The van der Waals surface area contributed by atoms with Crippen LogP contribution in [-0.2, 0) is 0 Å². The summed E-state index contributed by atoms with van der Waals surface area (Å²) in [5.74, 6) is 0.481. The van der Waals surface area contributed by atoms with Gasteiger partial charge in [-0.3, -0.25) is 10.1 Å². The van der Waals surface area contributed by atoms with Gasteiger partial charge in [0.2, 0.25) is 0 Å². The lowest BCUT2D eigenvalue weighted by Crippen LogP contribution is -2.41. The Kier molecular flexibility index (Phi) is 4.44. The van der Waals surface area contributed by atoms with Gasteiger partial charge < -0.3 is 10.2 Å². The zero-order valence-electron chi connectivity index (χ0n) is 11.1. The Labute approximate surface area is 121 Å². The van der Waals surface area contributed by atoms with Crippen molar-refractivity contribution in [3.05, 3.63) is 33.3 Å². The van der Waals surface area contributed by atoms with Crippen LogP contribution in [0.2, 0.25) is 5.02 Å². The number of benzene rings is 1. The van der Waals surface area contributed by atoms with Crippen molar-refractivity contribution in [2.45, 2.75) is 19.8 Å². The molecule has 1 heterocycles. The zero-order chi connectivity index (χ0) is 14.7. The van der Waals surface area contributed by atoms with Crippen molar-refractivity contribution >= 4 is 29.0 Å². The van der Waals surface area contributed by atoms with E-state index in [9.17, 15) is 14.9 Å². The first-order valence-electron chi connectivity index (χ1n) is 6.47. The molecule has 1 atom stereocenters. The van der Waals surface area contributed by atoms with E-state index in [1.165, 1.54) is 12.1 Å². The molecular weight excluding hydrogens is 282 g/mol. The summed E-state index contributed by atoms with van der Waals surface area (Å²) in [6.07, 6.45) is 2.10. The second-order valence-corrected chi connectivity index (χ2v) is 5.45. The number of urea groups is 1. The van der Waals surface area contributed by atoms with Crippen LogP contribution in [0, 0.1) is 16.0 Å². The van der Waals surface area contributed by atoms with Gasteiger partial charge in [0.1, 0.15) is 5.02 Å². The standard InChI is InChI=1S/C13H16ClN3O3/c1-9-3-2-6-16(8-9)13(18)15-10-4-5-11(14)12(7-10)17(19)20/h4-5,7,9H,2-3,6,8H2,1H3,(H,15,18)/t9-/m0/s1. The van der Waals surface area contributed by atoms with Crippen LogP contribution in [0.4, 0.5) is 16.2 Å². The topological polar surface area (TPSA) is 75.5 Å². The van der Waals surface area contributed by atoms with Gasteiger partial charge in [0.15, 0.2) is 0 Å². The van der Waals surface area contributed by atoms with Gasteiger partial charge in [0.05, 0.1) is 4.92 Å². The molecule has 20 heavy (non-hydrogen) atoms. The number of hydrogen-bond acceptors (Lipinski definition) is 3. The van der Waals surface area contributed by atoms with Crippen molar-refractivity contribution in [2.24, 2.45) is 5.92 Å². The number of nitro benzene ring substituents is 1. The second-order valence-electron chi connectivity index (χ2n) is 5.05. The van der Waals surface area contributed by atoms with Crippen molar-refractivity contribution in [1.82, 2.24) is 4.90 Å². The van der Waals surface area contributed by atoms with E-state index in [0.29, 0.717) is 24.7 Å². The van der Waals surface area contributed by atoms with Crippen LogP contribution < -0.4 is 5.32 Å². The fraction of sp³-hybridized carbons (Fsp3) is 0.462. The number of nitrogens with one attached hydrogen (secondary N) is 1. The summed E-state index contributed by atoms with van der Waals surface area (Å²) in [6, 6.07) is 4.01. The maximum absolute atomic E-state index is 12.1. The number of nitrogens with zero attached hydrogens (tertiary/aromatic N) is 2. The highest BCUT2D eigenvalue weighted by atomic mass is 35.5. The first-order valence-corrected chi connectivity index (χ1v) is 6.85. The zero-order valence-corrected chi connectivity index (χ0v) is 11.9. The minimum Gasteiger partial charge on any atom is -0.324 e. The van der Waals surface area contributed by atoms with E-state index >= 15 is 0 Å². The summed E-state index contributed by atoms with van der Waals surface area (Å²) in [5, 5.41) is 13.5. The van der Waals surface area contributed by atoms with Crippen LogP contribution in [0.25, 0.3) is 0 Å². The number of amides is 2. The third kappa shape index (κ3) is 3.39. The Morgan fingerprint density at radius 3 is 2.95 bits per heavy atom. The molecule has 1 N–H and O–H groups in total. The second kappa shape index (κ2) is 6.09. The largest absolute Gasteiger partial charge is 0.324 e. The summed E-state index contributed by atoms with van der Waals surface area (Å²) in [4.78, 5) is 24.1. The quantitative estimate of drug-likeness (QED) is 0.670. The molecule has 2 amide bonds. The smallest absolute Gasteiger partial charge is 0.321 e. The number of piperidine rings is 1. The average Bonchev–Trinajstić information content (AvgIpc) is 2.40. The summed E-state index contributed by atoms with van der Waals surface area (Å²) in [6.45, 7) is 3.53. The fourth-order valence-electron chi connectivity index (χ4n) is 2.31. The SMILES string of the molecule is C[C@H]1CCCN(C(=O)Nc2ccc(Cl)c([N+](=O)[O-])c2)C1. The minimum absolute atomic E-state index is 0.0552. The molecule has 0 radical (unpaired) electrons. The molecule has 1 fully saturated rings. The van der Waals surface area contributed by atoms with Crippen molar-refractivity contribution in [3.8, 4) is 0 Å². The molecule has 0 aliphatic carbocycles. The molecule has 1 aliphatic heterocycles. The molecule has 2 rings (SSSR count). The lowest BCUT2D eigenvalue weighted by molar-refractivity contribution is -0.384. The minimum atomic E-state index is -0.568. The predicted octanol–water partition coefficient (Wildman–Crippen LogP) is 3.51. The van der Waals surface area contributed by atoms with Crippen LogP contribution in [0.15, 0.2) is 18.2 Å². The fourth-order valence-corrected chi connectivity index (χ4v) is 2.49. The maximum Gasteiger partial charge on any atom is 0.321 e. The number of anilines is 1. The van der Waals surface area contributed by atoms with E-state index in [2.05, 4.69) is 12.2 Å². The summed E-state index contributed by atoms with van der Waals surface area (Å²) in [5.41, 5.74) is 0.167. The molecule has 1 aromatic rings. The molecule has 0 unspecified atom stereocenters. The van der Waals surface area contributed by atoms with Gasteiger partial charge in [-0.05, 0) is 30.9 Å². The molecule has 0 saturated carbocycles. The number of rotatable bonds is 2. The van der Waals surface area contributed by atoms with E-state index in [1.54, 1.807) is 11.0 Å². The first kappa shape index (κ1) is 14.6. The Balaban J connectivity index is 2.07. The van der Waals surface area contributed by atoms with Crippen molar-refractivity contribution in [2.75, 3.05) is 18.4 Å². The molecule has 0 spiro atoms. The van der Waals surface area contributed by atoms with Gasteiger partial charge in [0.25, 0.3) is 5.69 Å². The van der Waals surface area contributed by atoms with E-state index in [4.69, 9.17) is 11.6 Å². The number of hydrogen-bond donors (Lipinski definition) is 1. The molecule has 0 aromatic heterocycles. The first-order chi connectivity index (χ1) is 9.47. The van der Waals surface area contributed by atoms with E-state index < -0.39 is 4.92 Å². The Morgan fingerprint density at radius 2 is 2.30 bits per heavy atom. The average molecular weight is 298 g/mol. The summed E-state index contributed by atoms with van der Waals surface area (Å²) < 4.78 is 0. The monoisotopic (exact) mass is 297 g/mol. The number of carbonyl (C=O) groups is 1. The van der Waals surface area contributed by atoms with Crippen molar-refractivity contribution in [1.29, 1.82) is 0 Å². The number of halogens is 1. The Morgan fingerprint density at radius 1 is 1.55 bits per heavy atom. The third-order valence-corrected chi connectivity index (χ3v) is 3.66. The van der Waals surface area contributed by atoms with Crippen LogP contribution in [0.5, 0.6) is 0 Å². The highest BCUT2D eigenvalue weighted by molar-refractivity contribution is 6.32. The lowest BCUT2D eigenvalue weighted by Gasteiger charge is -2.30. The van der Waals surface area contributed by atoms with E-state index in [0.717, 1.165) is 12.8 Å². The van der Waals surface area contributed by atoms with Crippen LogP contribution in [-0.4, -0.2) is 28.9 Å². The molecule has 1 aliphatic rings. The maximum atomic E-state index is 12.1. The van der Waals surface area contributed by atoms with Crippen molar-refractivity contribution in [3.63, 3.8) is 0 Å². The number of carbonyl (C=O) groups excluding carboxylic acids is 1. The molecule has 6 nitrogen and oxygen atoms in total. The predicted molar refractivity (Wildman–Crippen MR) is 77.1 cm³/mol. The number of likely N-dealkylation sites (tertiary alicyclic amines) is 1. The van der Waals surface area contributed by atoms with Gasteiger partial charge in [-0.25, -0.2) is 4.79 Å². The van der Waals surface area contributed by atoms with Gasteiger partial charge in [-0.15, -0.1) is 0 Å². The van der Waals surface area contributed by atoms with Crippen molar-refractivity contribution < 1.29 is 9.72 Å². The molecule has 1 saturated heterocycles. The molecule has 108 valence electrons. The van der Waals surface area contributed by atoms with Gasteiger partial charge in [-0.2, -0.15) is 0 Å². The summed E-state index contributed by atoms with van der Waals surface area (Å²) in [7, 11) is 0. The molecule has 7 heteroatoms. The third-order valence-electron chi connectivity index (χ3n) is 3.34. The Bertz CT molecular complexity index is 536. The number of nitro groups is 1. The van der Waals surface area contributed by atoms with Crippen LogP contribution in [0.3, 0.4) is 0 Å². The van der Waals surface area contributed by atoms with Gasteiger partial charge in [0, 0.05) is 24.8 Å². The lowest BCUT2D eigenvalue weighted by atomic mass is 10.0. The van der Waals surface area contributed by atoms with Gasteiger partial charge >= 0.3 is 6.03 Å². The Hall–Kier alpha value is -1.82. The highest BCUT2D eigenvalue weighted by Crippen LogP contribution is 2.27. The molecular formula is C13H16ClN3O3. The van der Waals surface area contributed by atoms with Crippen LogP contribution in [0.1, 0.15) is 19.8 Å². The van der Waals surface area contributed by atoms with E-state index in [1.807, 2.05) is 0 Å². The highest BCUT2D eigenvalue weighted by Gasteiger charge is 2.21.